The normalized spacial score (nSPS) is 18.5. The van der Waals surface area contributed by atoms with Crippen LogP contribution in [-0.4, -0.2) is 10.1 Å². The number of aromatic hydroxyl groups is 1. The van der Waals surface area contributed by atoms with Gasteiger partial charge in [-0.05, 0) is 29.3 Å². The van der Waals surface area contributed by atoms with Crippen molar-refractivity contribution < 1.29 is 13.9 Å². The smallest absolute Gasteiger partial charge is 0.134 e. The zero-order valence-electron chi connectivity index (χ0n) is 15.8. The van der Waals surface area contributed by atoms with Crippen molar-refractivity contribution in [3.05, 3.63) is 100 Å². The monoisotopic (exact) mass is 407 g/mol. The van der Waals surface area contributed by atoms with E-state index >= 15 is 0 Å². The number of allylic oxidation sites excluding steroid dienone is 5. The number of fused-ring (bicyclic) bond motifs is 4. The first-order valence-corrected chi connectivity index (χ1v) is 9.29. The van der Waals surface area contributed by atoms with Gasteiger partial charge in [-0.15, -0.1) is 0 Å². The Morgan fingerprint density at radius 1 is 0.839 bits per heavy atom. The van der Waals surface area contributed by atoms with Crippen LogP contribution in [0.2, 0.25) is 0 Å². The first-order valence-electron chi connectivity index (χ1n) is 9.29. The highest BCUT2D eigenvalue weighted by atomic mass is 19.1. The van der Waals surface area contributed by atoms with Crippen LogP contribution in [-0.2, 0) is 0 Å². The minimum Gasteiger partial charge on any atom is -0.507 e. The summed E-state index contributed by atoms with van der Waals surface area (Å²) in [4.78, 5) is 4.41. The predicted octanol–water partition coefficient (Wildman–Crippen LogP) is 5.38. The SMILES string of the molecule is N#C/C=C1C(=C2/c3cccnc3-c3c(O)cccc32)/C(=C/C#N)c2cc(F)cc(F)c2/1. The van der Waals surface area contributed by atoms with E-state index in [2.05, 4.69) is 4.98 Å². The molecule has 146 valence electrons. The molecule has 0 aliphatic heterocycles. The minimum atomic E-state index is -0.823. The predicted molar refractivity (Wildman–Crippen MR) is 111 cm³/mol. The maximum Gasteiger partial charge on any atom is 0.134 e. The van der Waals surface area contributed by atoms with Crippen LogP contribution in [0.4, 0.5) is 8.78 Å². The highest BCUT2D eigenvalue weighted by molar-refractivity contribution is 6.19. The lowest BCUT2D eigenvalue weighted by Gasteiger charge is -2.11. The number of phenolic OH excluding ortho intramolecular Hbond substituents is 1. The molecule has 5 rings (SSSR count). The Hall–Kier alpha value is -4.55. The fraction of sp³-hybridized carbons (Fsp3) is 0. The molecule has 3 aromatic rings. The van der Waals surface area contributed by atoms with Crippen LogP contribution in [0.15, 0.2) is 66.4 Å². The van der Waals surface area contributed by atoms with Crippen molar-refractivity contribution in [1.82, 2.24) is 4.98 Å². The molecular formula is C25H11F2N3O. The second-order valence-corrected chi connectivity index (χ2v) is 7.03. The third kappa shape index (κ3) is 2.52. The Bertz CT molecular complexity index is 1480. The van der Waals surface area contributed by atoms with Gasteiger partial charge in [-0.25, -0.2) is 8.78 Å². The van der Waals surface area contributed by atoms with Crippen LogP contribution in [0.5, 0.6) is 5.75 Å². The van der Waals surface area contributed by atoms with Crippen molar-refractivity contribution in [2.45, 2.75) is 0 Å². The van der Waals surface area contributed by atoms with Gasteiger partial charge in [0.15, 0.2) is 0 Å². The molecule has 0 amide bonds. The Kier molecular flexibility index (Phi) is 4.03. The van der Waals surface area contributed by atoms with Crippen LogP contribution in [0.25, 0.3) is 28.0 Å². The molecule has 0 unspecified atom stereocenters. The van der Waals surface area contributed by atoms with E-state index in [4.69, 9.17) is 0 Å². The molecule has 1 aromatic heterocycles. The number of aromatic nitrogens is 1. The molecule has 0 spiro atoms. The van der Waals surface area contributed by atoms with E-state index in [1.165, 1.54) is 12.2 Å². The van der Waals surface area contributed by atoms with Gasteiger partial charge in [0.05, 0.1) is 23.4 Å². The van der Waals surface area contributed by atoms with Crippen molar-refractivity contribution in [3.63, 3.8) is 0 Å². The van der Waals surface area contributed by atoms with Crippen molar-refractivity contribution in [3.8, 4) is 29.1 Å². The summed E-state index contributed by atoms with van der Waals surface area (Å²) in [5, 5.41) is 29.4. The number of pyridine rings is 1. The minimum absolute atomic E-state index is 0.0254. The number of benzene rings is 2. The molecule has 31 heavy (non-hydrogen) atoms. The average molecular weight is 407 g/mol. The number of hydrogen-bond donors (Lipinski definition) is 1. The summed E-state index contributed by atoms with van der Waals surface area (Å²) in [6.07, 6.45) is 4.01. The first-order chi connectivity index (χ1) is 15.1. The number of nitriles is 2. The molecule has 0 atom stereocenters. The molecular weight excluding hydrogens is 396 g/mol. The molecule has 2 aromatic carbocycles. The van der Waals surface area contributed by atoms with Crippen LogP contribution in [0.3, 0.4) is 0 Å². The Morgan fingerprint density at radius 2 is 1.58 bits per heavy atom. The van der Waals surface area contributed by atoms with Crippen molar-refractivity contribution >= 4 is 16.7 Å². The second kappa shape index (κ2) is 6.76. The largest absolute Gasteiger partial charge is 0.507 e. The summed E-state index contributed by atoms with van der Waals surface area (Å²) in [5.41, 5.74) is 4.16. The van der Waals surface area contributed by atoms with E-state index < -0.39 is 11.6 Å². The van der Waals surface area contributed by atoms with E-state index in [0.717, 1.165) is 12.1 Å². The van der Waals surface area contributed by atoms with Gasteiger partial charge in [-0.1, -0.05) is 18.2 Å². The van der Waals surface area contributed by atoms with Crippen LogP contribution in [0.1, 0.15) is 22.3 Å². The van der Waals surface area contributed by atoms with Crippen LogP contribution in [0, 0.1) is 34.3 Å². The van der Waals surface area contributed by atoms with E-state index in [1.807, 2.05) is 12.1 Å². The molecule has 2 aliphatic carbocycles. The van der Waals surface area contributed by atoms with E-state index in [-0.39, 0.29) is 22.4 Å². The lowest BCUT2D eigenvalue weighted by Crippen LogP contribution is -1.92. The molecule has 0 bridgehead atoms. The third-order valence-corrected chi connectivity index (χ3v) is 5.45. The lowest BCUT2D eigenvalue weighted by molar-refractivity contribution is 0.477. The van der Waals surface area contributed by atoms with Gasteiger partial charge < -0.3 is 5.11 Å². The summed E-state index contributed by atoms with van der Waals surface area (Å²) < 4.78 is 29.0. The number of hydrogen-bond acceptors (Lipinski definition) is 4. The highest BCUT2D eigenvalue weighted by Crippen LogP contribution is 2.56. The van der Waals surface area contributed by atoms with Gasteiger partial charge in [0.2, 0.25) is 0 Å². The van der Waals surface area contributed by atoms with Gasteiger partial charge in [-0.3, -0.25) is 4.98 Å². The van der Waals surface area contributed by atoms with Crippen molar-refractivity contribution in [2.24, 2.45) is 0 Å². The number of phenols is 1. The quantitative estimate of drug-likeness (QED) is 0.397. The Balaban J connectivity index is 1.99. The van der Waals surface area contributed by atoms with Gasteiger partial charge in [0.1, 0.15) is 17.4 Å². The zero-order valence-corrected chi connectivity index (χ0v) is 15.8. The fourth-order valence-corrected chi connectivity index (χ4v) is 4.38. The molecule has 1 heterocycles. The Labute approximate surface area is 176 Å². The van der Waals surface area contributed by atoms with Crippen molar-refractivity contribution in [1.29, 1.82) is 10.5 Å². The van der Waals surface area contributed by atoms with Crippen LogP contribution >= 0.6 is 0 Å². The third-order valence-electron chi connectivity index (χ3n) is 5.45. The van der Waals surface area contributed by atoms with E-state index in [1.54, 1.807) is 36.5 Å². The summed E-state index contributed by atoms with van der Waals surface area (Å²) >= 11 is 0. The topological polar surface area (TPSA) is 80.7 Å². The molecule has 4 nitrogen and oxygen atoms in total. The van der Waals surface area contributed by atoms with E-state index in [0.29, 0.717) is 39.1 Å². The lowest BCUT2D eigenvalue weighted by atomic mass is 9.91. The van der Waals surface area contributed by atoms with Crippen molar-refractivity contribution in [2.75, 3.05) is 0 Å². The van der Waals surface area contributed by atoms with Crippen LogP contribution < -0.4 is 0 Å². The fourth-order valence-electron chi connectivity index (χ4n) is 4.38. The van der Waals surface area contributed by atoms with Gasteiger partial charge in [-0.2, -0.15) is 10.5 Å². The number of nitrogens with zero attached hydrogens (tertiary/aromatic N) is 3. The molecule has 0 saturated carbocycles. The molecule has 0 radical (unpaired) electrons. The first kappa shape index (κ1) is 18.5. The average Bonchev–Trinajstić information content (AvgIpc) is 3.22. The van der Waals surface area contributed by atoms with Gasteiger partial charge in [0.25, 0.3) is 0 Å². The van der Waals surface area contributed by atoms with E-state index in [9.17, 15) is 24.4 Å². The number of rotatable bonds is 0. The maximum atomic E-state index is 14.9. The van der Waals surface area contributed by atoms with Gasteiger partial charge in [0, 0.05) is 57.8 Å². The molecule has 6 heteroatoms. The molecule has 0 saturated heterocycles. The summed E-state index contributed by atoms with van der Waals surface area (Å²) in [6, 6.07) is 14.3. The molecule has 2 aliphatic rings. The molecule has 1 N–H and O–H groups in total. The summed E-state index contributed by atoms with van der Waals surface area (Å²) in [7, 11) is 0. The summed E-state index contributed by atoms with van der Waals surface area (Å²) in [6.45, 7) is 0. The van der Waals surface area contributed by atoms with Gasteiger partial charge >= 0.3 is 0 Å². The number of halogens is 2. The summed E-state index contributed by atoms with van der Waals surface area (Å²) in [5.74, 6) is -1.58. The standard InChI is InChI=1S/C25H11F2N3O/c26-13-11-18-14(6-8-28)22(16(7-9-29)21(18)19(27)12-13)23-15-3-1-5-20(31)24(15)25-17(23)4-2-10-30-25/h1-7,10-12,31H/b14-6+,16-7+,23-22+. The Morgan fingerprint density at radius 3 is 2.35 bits per heavy atom. The molecule has 0 fully saturated rings. The zero-order chi connectivity index (χ0) is 21.7. The highest BCUT2D eigenvalue weighted by Gasteiger charge is 2.37. The maximum absolute atomic E-state index is 14.9. The second-order valence-electron chi connectivity index (χ2n) is 7.03.